The zero-order chi connectivity index (χ0) is 27.9. The molecule has 0 radical (unpaired) electrons. The predicted molar refractivity (Wildman–Crippen MR) is 146 cm³/mol. The molecule has 0 aliphatic carbocycles. The largest absolute Gasteiger partial charge is 0.497 e. The maximum atomic E-state index is 13.8. The zero-order valence-corrected chi connectivity index (χ0v) is 23.0. The van der Waals surface area contributed by atoms with Crippen LogP contribution in [0.1, 0.15) is 18.1 Å². The lowest BCUT2D eigenvalue weighted by molar-refractivity contribution is -0.139. The number of hydrogen-bond acceptors (Lipinski definition) is 6. The standard InChI is InChI=1S/C28H33N3O6S/c1-20-9-15-26(16-10-20)38(34,35)31(23-11-13-24(36-4)14-12-23)19-27(32)30(21(2)28(33)29-3)18-22-7-6-8-25(17-22)37-5/h6-17,21H,18-19H2,1-5H3,(H,29,33). The quantitative estimate of drug-likeness (QED) is 0.401. The second-order valence-electron chi connectivity index (χ2n) is 8.69. The van der Waals surface area contributed by atoms with Crippen molar-refractivity contribution < 1.29 is 27.5 Å². The van der Waals surface area contributed by atoms with E-state index in [-0.39, 0.29) is 23.0 Å². The van der Waals surface area contributed by atoms with Gasteiger partial charge in [0.2, 0.25) is 11.8 Å². The second-order valence-corrected chi connectivity index (χ2v) is 10.5. The number of anilines is 1. The molecule has 0 spiro atoms. The first-order chi connectivity index (χ1) is 18.1. The molecule has 0 saturated heterocycles. The van der Waals surface area contributed by atoms with Gasteiger partial charge in [-0.3, -0.25) is 13.9 Å². The molecule has 0 fully saturated rings. The van der Waals surface area contributed by atoms with Crippen LogP contribution in [0.2, 0.25) is 0 Å². The molecule has 0 aromatic heterocycles. The molecular formula is C28H33N3O6S. The maximum Gasteiger partial charge on any atom is 0.264 e. The summed E-state index contributed by atoms with van der Waals surface area (Å²) >= 11 is 0. The van der Waals surface area contributed by atoms with Gasteiger partial charge in [-0.05, 0) is 67.9 Å². The Morgan fingerprint density at radius 2 is 1.55 bits per heavy atom. The lowest BCUT2D eigenvalue weighted by atomic mass is 10.1. The van der Waals surface area contributed by atoms with Gasteiger partial charge in [0.1, 0.15) is 24.1 Å². The van der Waals surface area contributed by atoms with Crippen LogP contribution in [0.25, 0.3) is 0 Å². The summed E-state index contributed by atoms with van der Waals surface area (Å²) in [5, 5.41) is 2.56. The Labute approximate surface area is 224 Å². The molecule has 0 bridgehead atoms. The molecule has 10 heteroatoms. The van der Waals surface area contributed by atoms with Gasteiger partial charge in [-0.25, -0.2) is 8.42 Å². The summed E-state index contributed by atoms with van der Waals surface area (Å²) in [4.78, 5) is 27.8. The van der Waals surface area contributed by atoms with Gasteiger partial charge in [-0.15, -0.1) is 0 Å². The molecule has 38 heavy (non-hydrogen) atoms. The smallest absolute Gasteiger partial charge is 0.264 e. The molecule has 0 heterocycles. The third kappa shape index (κ3) is 6.63. The lowest BCUT2D eigenvalue weighted by Gasteiger charge is -2.32. The van der Waals surface area contributed by atoms with E-state index in [9.17, 15) is 18.0 Å². The van der Waals surface area contributed by atoms with E-state index in [1.165, 1.54) is 38.3 Å². The van der Waals surface area contributed by atoms with Crippen LogP contribution in [0, 0.1) is 6.92 Å². The number of aryl methyl sites for hydroxylation is 1. The number of carbonyl (C=O) groups excluding carboxylic acids is 2. The zero-order valence-electron chi connectivity index (χ0n) is 22.2. The summed E-state index contributed by atoms with van der Waals surface area (Å²) < 4.78 is 39.1. The number of nitrogens with one attached hydrogen (secondary N) is 1. The van der Waals surface area contributed by atoms with E-state index in [4.69, 9.17) is 9.47 Å². The molecule has 202 valence electrons. The molecule has 1 atom stereocenters. The summed E-state index contributed by atoms with van der Waals surface area (Å²) in [6.07, 6.45) is 0. The van der Waals surface area contributed by atoms with Crippen molar-refractivity contribution in [1.82, 2.24) is 10.2 Å². The van der Waals surface area contributed by atoms with Crippen molar-refractivity contribution in [3.63, 3.8) is 0 Å². The van der Waals surface area contributed by atoms with Crippen LogP contribution in [0.15, 0.2) is 77.7 Å². The highest BCUT2D eigenvalue weighted by Gasteiger charge is 2.32. The number of ether oxygens (including phenoxy) is 2. The highest BCUT2D eigenvalue weighted by molar-refractivity contribution is 7.92. The number of hydrogen-bond donors (Lipinski definition) is 1. The monoisotopic (exact) mass is 539 g/mol. The Kier molecular flexibility index (Phi) is 9.35. The van der Waals surface area contributed by atoms with Gasteiger partial charge < -0.3 is 19.7 Å². The molecule has 3 aromatic carbocycles. The summed E-state index contributed by atoms with van der Waals surface area (Å²) in [5.41, 5.74) is 1.92. The average Bonchev–Trinajstić information content (AvgIpc) is 2.94. The molecule has 0 saturated carbocycles. The van der Waals surface area contributed by atoms with Crippen LogP contribution in [-0.2, 0) is 26.2 Å². The van der Waals surface area contributed by atoms with Gasteiger partial charge in [0.25, 0.3) is 10.0 Å². The molecule has 3 aromatic rings. The molecular weight excluding hydrogens is 506 g/mol. The first kappa shape index (κ1) is 28.5. The van der Waals surface area contributed by atoms with Crippen molar-refractivity contribution in [3.05, 3.63) is 83.9 Å². The predicted octanol–water partition coefficient (Wildman–Crippen LogP) is 3.37. The Morgan fingerprint density at radius 1 is 0.921 bits per heavy atom. The topological polar surface area (TPSA) is 105 Å². The van der Waals surface area contributed by atoms with Crippen molar-refractivity contribution in [2.24, 2.45) is 0 Å². The van der Waals surface area contributed by atoms with Gasteiger partial charge in [-0.2, -0.15) is 0 Å². The molecule has 2 amide bonds. The van der Waals surface area contributed by atoms with Gasteiger partial charge >= 0.3 is 0 Å². The van der Waals surface area contributed by atoms with E-state index in [0.717, 1.165) is 15.4 Å². The van der Waals surface area contributed by atoms with E-state index >= 15 is 0 Å². The first-order valence-electron chi connectivity index (χ1n) is 12.0. The maximum absolute atomic E-state index is 13.8. The second kappa shape index (κ2) is 12.5. The summed E-state index contributed by atoms with van der Waals surface area (Å²) in [6.45, 7) is 3.01. The van der Waals surface area contributed by atoms with E-state index < -0.39 is 28.5 Å². The normalized spacial score (nSPS) is 11.8. The van der Waals surface area contributed by atoms with Crippen molar-refractivity contribution >= 4 is 27.5 Å². The van der Waals surface area contributed by atoms with Gasteiger partial charge in [-0.1, -0.05) is 29.8 Å². The van der Waals surface area contributed by atoms with Crippen LogP contribution in [0.5, 0.6) is 11.5 Å². The number of likely N-dealkylation sites (N-methyl/N-ethyl adjacent to an activating group) is 1. The molecule has 0 aliphatic rings. The highest BCUT2D eigenvalue weighted by Crippen LogP contribution is 2.27. The minimum Gasteiger partial charge on any atom is -0.497 e. The number of benzene rings is 3. The summed E-state index contributed by atoms with van der Waals surface area (Å²) in [5.74, 6) is 0.221. The van der Waals surface area contributed by atoms with Crippen LogP contribution >= 0.6 is 0 Å². The molecule has 0 aliphatic heterocycles. The molecule has 3 rings (SSSR count). The third-order valence-corrected chi connectivity index (χ3v) is 7.94. The van der Waals surface area contributed by atoms with Crippen molar-refractivity contribution in [2.45, 2.75) is 31.3 Å². The SMILES string of the molecule is CNC(=O)C(C)N(Cc1cccc(OC)c1)C(=O)CN(c1ccc(OC)cc1)S(=O)(=O)c1ccc(C)cc1. The molecule has 1 unspecified atom stereocenters. The van der Waals surface area contributed by atoms with E-state index in [1.54, 1.807) is 61.5 Å². The number of rotatable bonds is 11. The lowest BCUT2D eigenvalue weighted by Crippen LogP contribution is -2.50. The Hall–Kier alpha value is -4.05. The van der Waals surface area contributed by atoms with Crippen molar-refractivity contribution in [3.8, 4) is 11.5 Å². The first-order valence-corrected chi connectivity index (χ1v) is 13.4. The fourth-order valence-electron chi connectivity index (χ4n) is 3.87. The Balaban J connectivity index is 2.03. The van der Waals surface area contributed by atoms with E-state index in [2.05, 4.69) is 5.32 Å². The van der Waals surface area contributed by atoms with Crippen LogP contribution in [0.4, 0.5) is 5.69 Å². The average molecular weight is 540 g/mol. The Morgan fingerprint density at radius 3 is 2.13 bits per heavy atom. The number of nitrogens with zero attached hydrogens (tertiary/aromatic N) is 2. The van der Waals surface area contributed by atoms with Crippen molar-refractivity contribution in [1.29, 1.82) is 0 Å². The third-order valence-electron chi connectivity index (χ3n) is 6.15. The highest BCUT2D eigenvalue weighted by atomic mass is 32.2. The van der Waals surface area contributed by atoms with Gasteiger partial charge in [0.15, 0.2) is 0 Å². The van der Waals surface area contributed by atoms with E-state index in [0.29, 0.717) is 11.5 Å². The number of sulfonamides is 1. The van der Waals surface area contributed by atoms with Crippen LogP contribution in [0.3, 0.4) is 0 Å². The van der Waals surface area contributed by atoms with Crippen LogP contribution in [-0.4, -0.2) is 59.0 Å². The number of methoxy groups -OCH3 is 2. The minimum atomic E-state index is -4.13. The van der Waals surface area contributed by atoms with Crippen LogP contribution < -0.4 is 19.1 Å². The van der Waals surface area contributed by atoms with Gasteiger partial charge in [0.05, 0.1) is 24.8 Å². The fourth-order valence-corrected chi connectivity index (χ4v) is 5.29. The van der Waals surface area contributed by atoms with Gasteiger partial charge in [0, 0.05) is 13.6 Å². The fraction of sp³-hybridized carbons (Fsp3) is 0.286. The number of amides is 2. The molecule has 9 nitrogen and oxygen atoms in total. The Bertz CT molecular complexity index is 1360. The minimum absolute atomic E-state index is 0.0467. The summed E-state index contributed by atoms with van der Waals surface area (Å²) in [6, 6.07) is 19.1. The number of carbonyl (C=O) groups is 2. The molecule has 1 N–H and O–H groups in total. The van der Waals surface area contributed by atoms with Crippen molar-refractivity contribution in [2.75, 3.05) is 32.1 Å². The van der Waals surface area contributed by atoms with E-state index in [1.807, 2.05) is 13.0 Å². The summed E-state index contributed by atoms with van der Waals surface area (Å²) in [7, 11) is 0.404.